The van der Waals surface area contributed by atoms with E-state index in [4.69, 9.17) is 5.11 Å². The van der Waals surface area contributed by atoms with Gasteiger partial charge < -0.3 is 10.0 Å². The molecule has 2 heterocycles. The van der Waals surface area contributed by atoms with E-state index in [9.17, 15) is 18.4 Å². The van der Waals surface area contributed by atoms with Crippen LogP contribution in [0.1, 0.15) is 43.6 Å². The summed E-state index contributed by atoms with van der Waals surface area (Å²) in [6.07, 6.45) is 2.70. The van der Waals surface area contributed by atoms with Crippen LogP contribution in [0.4, 0.5) is 14.5 Å². The van der Waals surface area contributed by atoms with E-state index >= 15 is 0 Å². The Morgan fingerprint density at radius 2 is 1.76 bits per heavy atom. The molecule has 3 rings (SSSR count). The molecule has 1 unspecified atom stereocenters. The van der Waals surface area contributed by atoms with Crippen LogP contribution in [0.5, 0.6) is 0 Å². The van der Waals surface area contributed by atoms with E-state index in [0.717, 1.165) is 19.3 Å². The van der Waals surface area contributed by atoms with Crippen LogP contribution in [0.25, 0.3) is 0 Å². The van der Waals surface area contributed by atoms with Gasteiger partial charge in [-0.25, -0.2) is 8.78 Å². The zero-order valence-electron chi connectivity index (χ0n) is 13.9. The fraction of sp³-hybridized carbons (Fsp3) is 0.556. The number of hydrogen-bond acceptors (Lipinski definition) is 4. The molecule has 0 bridgehead atoms. The zero-order valence-corrected chi connectivity index (χ0v) is 13.9. The number of anilines is 1. The normalized spacial score (nSPS) is 22.2. The Balaban J connectivity index is 1.77. The maximum absolute atomic E-state index is 14.6. The van der Waals surface area contributed by atoms with Crippen LogP contribution in [0.3, 0.4) is 0 Å². The molecule has 0 spiro atoms. The molecule has 2 fully saturated rings. The van der Waals surface area contributed by atoms with Crippen molar-refractivity contribution >= 4 is 17.5 Å². The van der Waals surface area contributed by atoms with Crippen molar-refractivity contribution in [1.82, 2.24) is 5.32 Å². The lowest BCUT2D eigenvalue weighted by molar-refractivity contribution is -0.134. The van der Waals surface area contributed by atoms with E-state index in [-0.39, 0.29) is 25.0 Å². The van der Waals surface area contributed by atoms with Crippen LogP contribution in [0, 0.1) is 17.6 Å². The fourth-order valence-electron chi connectivity index (χ4n) is 3.72. The first-order valence-corrected chi connectivity index (χ1v) is 8.68. The van der Waals surface area contributed by atoms with Crippen molar-refractivity contribution < 1.29 is 23.5 Å². The fourth-order valence-corrected chi connectivity index (χ4v) is 3.72. The van der Waals surface area contributed by atoms with Gasteiger partial charge in [-0.3, -0.25) is 14.9 Å². The highest BCUT2D eigenvalue weighted by Gasteiger charge is 2.33. The number of aliphatic hydroxyl groups is 1. The summed E-state index contributed by atoms with van der Waals surface area (Å²) >= 11 is 0. The van der Waals surface area contributed by atoms with Gasteiger partial charge in [-0.05, 0) is 43.7 Å². The average Bonchev–Trinajstić information content (AvgIpc) is 2.57. The lowest BCUT2D eigenvalue weighted by Crippen LogP contribution is -2.40. The number of nitrogens with zero attached hydrogens (tertiary/aromatic N) is 1. The topological polar surface area (TPSA) is 69.6 Å². The molecule has 2 aliphatic heterocycles. The molecule has 1 atom stereocenters. The zero-order chi connectivity index (χ0) is 18.0. The minimum Gasteiger partial charge on any atom is -0.396 e. The number of carbonyl (C=O) groups excluding carboxylic acids is 2. The first-order valence-electron chi connectivity index (χ1n) is 8.68. The highest BCUT2D eigenvalue weighted by atomic mass is 19.1. The van der Waals surface area contributed by atoms with Gasteiger partial charge in [-0.2, -0.15) is 0 Å². The largest absolute Gasteiger partial charge is 0.396 e. The molecule has 0 aliphatic carbocycles. The van der Waals surface area contributed by atoms with Gasteiger partial charge in [-0.15, -0.1) is 0 Å². The molecule has 0 aromatic heterocycles. The van der Waals surface area contributed by atoms with Crippen molar-refractivity contribution in [3.8, 4) is 0 Å². The number of amides is 2. The molecule has 0 saturated carbocycles. The summed E-state index contributed by atoms with van der Waals surface area (Å²) in [6, 6.07) is 2.54. The number of carbonyl (C=O) groups is 2. The van der Waals surface area contributed by atoms with Gasteiger partial charge >= 0.3 is 0 Å². The molecule has 0 radical (unpaired) electrons. The number of hydrogen-bond donors (Lipinski definition) is 2. The van der Waals surface area contributed by atoms with E-state index < -0.39 is 29.4 Å². The number of benzene rings is 1. The van der Waals surface area contributed by atoms with E-state index in [1.807, 2.05) is 4.90 Å². The maximum Gasteiger partial charge on any atom is 0.234 e. The van der Waals surface area contributed by atoms with Crippen LogP contribution in [-0.4, -0.2) is 36.6 Å². The third kappa shape index (κ3) is 3.81. The second kappa shape index (κ2) is 7.47. The predicted molar refractivity (Wildman–Crippen MR) is 88.1 cm³/mol. The maximum atomic E-state index is 14.6. The third-order valence-electron chi connectivity index (χ3n) is 5.17. The highest BCUT2D eigenvalue weighted by molar-refractivity contribution is 6.01. The first-order chi connectivity index (χ1) is 12.0. The van der Waals surface area contributed by atoms with Crippen LogP contribution >= 0.6 is 0 Å². The molecular formula is C18H22F2N2O3. The van der Waals surface area contributed by atoms with Gasteiger partial charge in [0.2, 0.25) is 11.8 Å². The van der Waals surface area contributed by atoms with Gasteiger partial charge in [0, 0.05) is 37.4 Å². The van der Waals surface area contributed by atoms with Gasteiger partial charge in [0.15, 0.2) is 0 Å². The Morgan fingerprint density at radius 1 is 1.12 bits per heavy atom. The minimum absolute atomic E-state index is 0.0788. The lowest BCUT2D eigenvalue weighted by Gasteiger charge is -2.34. The van der Waals surface area contributed by atoms with Crippen molar-refractivity contribution in [3.05, 3.63) is 29.3 Å². The van der Waals surface area contributed by atoms with E-state index in [1.54, 1.807) is 0 Å². The van der Waals surface area contributed by atoms with Crippen molar-refractivity contribution in [1.29, 1.82) is 0 Å². The Hall–Kier alpha value is -2.02. The second-order valence-corrected chi connectivity index (χ2v) is 6.77. The van der Waals surface area contributed by atoms with E-state index in [1.165, 1.54) is 12.1 Å². The SMILES string of the molecule is O=C1CCC(c2c(F)cc(N3CCC(CCO)CC3)cc2F)C(=O)N1. The number of rotatable bonds is 4. The molecule has 2 amide bonds. The van der Waals surface area contributed by atoms with E-state index in [0.29, 0.717) is 24.7 Å². The molecule has 7 heteroatoms. The molecule has 2 saturated heterocycles. The Bertz CT molecular complexity index is 649. The highest BCUT2D eigenvalue weighted by Crippen LogP contribution is 2.33. The Kier molecular flexibility index (Phi) is 5.32. The summed E-state index contributed by atoms with van der Waals surface area (Å²) in [5.41, 5.74) is 0.206. The number of aliphatic hydroxyl groups excluding tert-OH is 1. The molecule has 2 N–H and O–H groups in total. The smallest absolute Gasteiger partial charge is 0.234 e. The van der Waals surface area contributed by atoms with Gasteiger partial charge in [0.05, 0.1) is 5.92 Å². The summed E-state index contributed by atoms with van der Waals surface area (Å²) < 4.78 is 29.1. The molecule has 5 nitrogen and oxygen atoms in total. The van der Waals surface area contributed by atoms with Crippen molar-refractivity contribution in [2.45, 2.75) is 38.0 Å². The van der Waals surface area contributed by atoms with Crippen LogP contribution in [-0.2, 0) is 9.59 Å². The standard InChI is InChI=1S/C18H22F2N2O3/c19-14-9-12(22-6-3-11(4-7-22)5-8-23)10-15(20)17(14)13-1-2-16(24)21-18(13)25/h9-11,13,23H,1-8H2,(H,21,24,25). The average molecular weight is 352 g/mol. The molecule has 1 aromatic rings. The van der Waals surface area contributed by atoms with Gasteiger partial charge in [0.25, 0.3) is 0 Å². The quantitative estimate of drug-likeness (QED) is 0.814. The van der Waals surface area contributed by atoms with E-state index in [2.05, 4.69) is 5.32 Å². The summed E-state index contributed by atoms with van der Waals surface area (Å²) in [5.74, 6) is -3.08. The number of imide groups is 1. The molecule has 136 valence electrons. The van der Waals surface area contributed by atoms with Crippen LogP contribution < -0.4 is 10.2 Å². The Morgan fingerprint density at radius 3 is 2.32 bits per heavy atom. The number of halogens is 2. The minimum atomic E-state index is -0.970. The number of nitrogens with one attached hydrogen (secondary N) is 1. The second-order valence-electron chi connectivity index (χ2n) is 6.77. The molecular weight excluding hydrogens is 330 g/mol. The van der Waals surface area contributed by atoms with Crippen molar-refractivity contribution in [2.24, 2.45) is 5.92 Å². The monoisotopic (exact) mass is 352 g/mol. The van der Waals surface area contributed by atoms with Crippen molar-refractivity contribution in [3.63, 3.8) is 0 Å². The van der Waals surface area contributed by atoms with Crippen LogP contribution in [0.2, 0.25) is 0 Å². The third-order valence-corrected chi connectivity index (χ3v) is 5.17. The Labute approximate surface area is 145 Å². The summed E-state index contributed by atoms with van der Waals surface area (Å²) in [4.78, 5) is 25.0. The summed E-state index contributed by atoms with van der Waals surface area (Å²) in [5, 5.41) is 11.1. The lowest BCUT2D eigenvalue weighted by atomic mass is 9.89. The first kappa shape index (κ1) is 17.8. The predicted octanol–water partition coefficient (Wildman–Crippen LogP) is 2.08. The molecule has 1 aromatic carbocycles. The van der Waals surface area contributed by atoms with Gasteiger partial charge in [-0.1, -0.05) is 0 Å². The molecule has 25 heavy (non-hydrogen) atoms. The summed E-state index contributed by atoms with van der Waals surface area (Å²) in [6.45, 7) is 1.52. The van der Waals surface area contributed by atoms with Crippen molar-refractivity contribution in [2.75, 3.05) is 24.6 Å². The molecule has 2 aliphatic rings. The van der Waals surface area contributed by atoms with Gasteiger partial charge in [0.1, 0.15) is 11.6 Å². The summed E-state index contributed by atoms with van der Waals surface area (Å²) in [7, 11) is 0. The number of piperidine rings is 2. The van der Waals surface area contributed by atoms with Crippen LogP contribution in [0.15, 0.2) is 12.1 Å².